The molecule has 0 bridgehead atoms. The second kappa shape index (κ2) is 8.15. The van der Waals surface area contributed by atoms with E-state index in [4.69, 9.17) is 0 Å². The van der Waals surface area contributed by atoms with E-state index in [1.165, 1.54) is 0 Å². The summed E-state index contributed by atoms with van der Waals surface area (Å²) in [5.41, 5.74) is 0. The molecule has 0 unspecified atom stereocenters. The van der Waals surface area contributed by atoms with Gasteiger partial charge in [0.2, 0.25) is 11.8 Å². The van der Waals surface area contributed by atoms with Gasteiger partial charge in [-0.25, -0.2) is 0 Å². The number of carbonyl (C=O) groups excluding carboxylic acids is 2. The van der Waals surface area contributed by atoms with Crippen LogP contribution in [0.1, 0.15) is 33.1 Å². The zero-order valence-corrected chi connectivity index (χ0v) is 12.4. The molecular formula is C14H27N3O2. The maximum Gasteiger partial charge on any atom is 0.222 e. The molecule has 0 aromatic rings. The van der Waals surface area contributed by atoms with Gasteiger partial charge in [-0.15, -0.1) is 0 Å². The van der Waals surface area contributed by atoms with Gasteiger partial charge in [0, 0.05) is 52.6 Å². The first kappa shape index (κ1) is 16.0. The number of amides is 2. The van der Waals surface area contributed by atoms with E-state index < -0.39 is 0 Å². The van der Waals surface area contributed by atoms with Gasteiger partial charge in [-0.1, -0.05) is 13.8 Å². The van der Waals surface area contributed by atoms with E-state index in [0.29, 0.717) is 25.2 Å². The molecule has 2 amide bonds. The lowest BCUT2D eigenvalue weighted by Crippen LogP contribution is -2.49. The highest BCUT2D eigenvalue weighted by atomic mass is 16.2. The van der Waals surface area contributed by atoms with Crippen LogP contribution < -0.4 is 5.32 Å². The molecule has 1 saturated heterocycles. The molecule has 0 radical (unpaired) electrons. The molecule has 0 spiro atoms. The van der Waals surface area contributed by atoms with Crippen LogP contribution in [0.4, 0.5) is 0 Å². The summed E-state index contributed by atoms with van der Waals surface area (Å²) in [5, 5.41) is 2.57. The Bertz CT molecular complexity index is 297. The van der Waals surface area contributed by atoms with Crippen LogP contribution in [0.3, 0.4) is 0 Å². The van der Waals surface area contributed by atoms with E-state index in [9.17, 15) is 9.59 Å². The lowest BCUT2D eigenvalue weighted by atomic mass is 10.1. The smallest absolute Gasteiger partial charge is 0.222 e. The molecule has 1 aliphatic heterocycles. The second-order valence-corrected chi connectivity index (χ2v) is 5.60. The maximum atomic E-state index is 12.0. The predicted octanol–water partition coefficient (Wildman–Crippen LogP) is 0.703. The van der Waals surface area contributed by atoms with Crippen molar-refractivity contribution in [2.24, 2.45) is 5.92 Å². The summed E-state index contributed by atoms with van der Waals surface area (Å²) in [7, 11) is 1.62. The van der Waals surface area contributed by atoms with Crippen molar-refractivity contribution in [2.75, 3.05) is 39.8 Å². The van der Waals surface area contributed by atoms with E-state index in [2.05, 4.69) is 24.1 Å². The zero-order valence-electron chi connectivity index (χ0n) is 12.4. The van der Waals surface area contributed by atoms with Crippen LogP contribution >= 0.6 is 0 Å². The molecule has 19 heavy (non-hydrogen) atoms. The first-order chi connectivity index (χ1) is 9.02. The molecule has 1 heterocycles. The van der Waals surface area contributed by atoms with Crippen molar-refractivity contribution in [3.63, 3.8) is 0 Å². The van der Waals surface area contributed by atoms with E-state index in [0.717, 1.165) is 32.7 Å². The van der Waals surface area contributed by atoms with E-state index in [1.807, 2.05) is 4.90 Å². The Balaban J connectivity index is 2.19. The Kier molecular flexibility index (Phi) is 6.84. The van der Waals surface area contributed by atoms with Crippen molar-refractivity contribution in [1.29, 1.82) is 0 Å². The largest absolute Gasteiger partial charge is 0.359 e. The molecule has 0 saturated carbocycles. The van der Waals surface area contributed by atoms with Crippen molar-refractivity contribution in [1.82, 2.24) is 15.1 Å². The SMILES string of the molecule is CNC(=O)CCCC(=O)N1CCN(CC(C)C)CC1. The third-order valence-electron chi connectivity index (χ3n) is 3.42. The predicted molar refractivity (Wildman–Crippen MR) is 75.8 cm³/mol. The van der Waals surface area contributed by atoms with Crippen LogP contribution in [0, 0.1) is 5.92 Å². The first-order valence-corrected chi connectivity index (χ1v) is 7.23. The highest BCUT2D eigenvalue weighted by Gasteiger charge is 2.20. The molecule has 0 atom stereocenters. The van der Waals surface area contributed by atoms with Gasteiger partial charge in [-0.2, -0.15) is 0 Å². The molecule has 1 aliphatic rings. The highest BCUT2D eigenvalue weighted by molar-refractivity contribution is 5.78. The van der Waals surface area contributed by atoms with Crippen molar-refractivity contribution in [3.8, 4) is 0 Å². The van der Waals surface area contributed by atoms with Crippen LogP contribution in [-0.2, 0) is 9.59 Å². The average Bonchev–Trinajstić information content (AvgIpc) is 2.38. The summed E-state index contributed by atoms with van der Waals surface area (Å²) >= 11 is 0. The Morgan fingerprint density at radius 1 is 1.11 bits per heavy atom. The number of carbonyl (C=O) groups is 2. The minimum atomic E-state index is 0.00885. The number of rotatable bonds is 6. The van der Waals surface area contributed by atoms with Gasteiger partial charge >= 0.3 is 0 Å². The second-order valence-electron chi connectivity index (χ2n) is 5.60. The van der Waals surface area contributed by atoms with Gasteiger partial charge in [0.1, 0.15) is 0 Å². The standard InChI is InChI=1S/C14H27N3O2/c1-12(2)11-16-7-9-17(10-8-16)14(19)6-4-5-13(18)15-3/h12H,4-11H2,1-3H3,(H,15,18). The van der Waals surface area contributed by atoms with E-state index >= 15 is 0 Å². The van der Waals surface area contributed by atoms with E-state index in [1.54, 1.807) is 7.05 Å². The Labute approximate surface area is 116 Å². The quantitative estimate of drug-likeness (QED) is 0.772. The molecular weight excluding hydrogens is 242 g/mol. The first-order valence-electron chi connectivity index (χ1n) is 7.23. The fraction of sp³-hybridized carbons (Fsp3) is 0.857. The molecule has 0 aromatic carbocycles. The average molecular weight is 269 g/mol. The Morgan fingerprint density at radius 2 is 1.74 bits per heavy atom. The van der Waals surface area contributed by atoms with Crippen LogP contribution in [0.5, 0.6) is 0 Å². The summed E-state index contributed by atoms with van der Waals surface area (Å²) in [6.45, 7) is 9.14. The zero-order chi connectivity index (χ0) is 14.3. The van der Waals surface area contributed by atoms with Crippen LogP contribution in [0.15, 0.2) is 0 Å². The number of piperazine rings is 1. The van der Waals surface area contributed by atoms with Gasteiger partial charge < -0.3 is 10.2 Å². The van der Waals surface area contributed by atoms with E-state index in [-0.39, 0.29) is 11.8 Å². The van der Waals surface area contributed by atoms with Crippen molar-refractivity contribution in [2.45, 2.75) is 33.1 Å². The highest BCUT2D eigenvalue weighted by Crippen LogP contribution is 2.08. The normalized spacial score (nSPS) is 16.7. The fourth-order valence-corrected chi connectivity index (χ4v) is 2.38. The lowest BCUT2D eigenvalue weighted by Gasteiger charge is -2.35. The van der Waals surface area contributed by atoms with Gasteiger partial charge in [-0.3, -0.25) is 14.5 Å². The molecule has 1 fully saturated rings. The molecule has 5 nitrogen and oxygen atoms in total. The number of hydrogen-bond acceptors (Lipinski definition) is 3. The third kappa shape index (κ3) is 6.05. The summed E-state index contributed by atoms with van der Waals surface area (Å²) in [6, 6.07) is 0. The Morgan fingerprint density at radius 3 is 2.26 bits per heavy atom. The van der Waals surface area contributed by atoms with Crippen molar-refractivity contribution in [3.05, 3.63) is 0 Å². The Hall–Kier alpha value is -1.10. The topological polar surface area (TPSA) is 52.7 Å². The molecule has 1 N–H and O–H groups in total. The van der Waals surface area contributed by atoms with Gasteiger partial charge in [0.05, 0.1) is 0 Å². The monoisotopic (exact) mass is 269 g/mol. The van der Waals surface area contributed by atoms with Gasteiger partial charge in [0.25, 0.3) is 0 Å². The summed E-state index contributed by atoms with van der Waals surface area (Å²) in [4.78, 5) is 27.4. The molecule has 110 valence electrons. The number of nitrogens with zero attached hydrogens (tertiary/aromatic N) is 2. The van der Waals surface area contributed by atoms with Crippen LogP contribution in [0.2, 0.25) is 0 Å². The minimum Gasteiger partial charge on any atom is -0.359 e. The van der Waals surface area contributed by atoms with Gasteiger partial charge in [0.15, 0.2) is 0 Å². The minimum absolute atomic E-state index is 0.00885. The lowest BCUT2D eigenvalue weighted by molar-refractivity contribution is -0.133. The molecule has 0 aliphatic carbocycles. The summed E-state index contributed by atoms with van der Waals surface area (Å²) < 4.78 is 0. The van der Waals surface area contributed by atoms with Crippen molar-refractivity contribution < 1.29 is 9.59 Å². The number of nitrogens with one attached hydrogen (secondary N) is 1. The molecule has 1 rings (SSSR count). The third-order valence-corrected chi connectivity index (χ3v) is 3.42. The van der Waals surface area contributed by atoms with Crippen LogP contribution in [0.25, 0.3) is 0 Å². The molecule has 5 heteroatoms. The maximum absolute atomic E-state index is 12.0. The number of hydrogen-bond donors (Lipinski definition) is 1. The summed E-state index contributed by atoms with van der Waals surface area (Å²) in [5.74, 6) is 0.873. The summed E-state index contributed by atoms with van der Waals surface area (Å²) in [6.07, 6.45) is 1.57. The molecule has 0 aromatic heterocycles. The fourth-order valence-electron chi connectivity index (χ4n) is 2.38. The van der Waals surface area contributed by atoms with Crippen LogP contribution in [-0.4, -0.2) is 61.4 Å². The van der Waals surface area contributed by atoms with Crippen molar-refractivity contribution >= 4 is 11.8 Å². The van der Waals surface area contributed by atoms with Gasteiger partial charge in [-0.05, 0) is 12.3 Å².